The van der Waals surface area contributed by atoms with E-state index < -0.39 is 14.9 Å². The third-order valence-electron chi connectivity index (χ3n) is 7.50. The lowest BCUT2D eigenvalue weighted by molar-refractivity contribution is -0.134. The van der Waals surface area contributed by atoms with E-state index in [9.17, 15) is 9.59 Å². The van der Waals surface area contributed by atoms with Gasteiger partial charge in [0.1, 0.15) is 0 Å². The van der Waals surface area contributed by atoms with Crippen LogP contribution in [0.2, 0.25) is 6.04 Å². The molecule has 0 aromatic heterocycles. The first-order valence-electron chi connectivity index (χ1n) is 15.7. The number of isocyanates is 1. The zero-order valence-corrected chi connectivity index (χ0v) is 29.3. The topological polar surface area (TPSA) is 118 Å². The smallest absolute Gasteiger partial charge is 0.383 e. The van der Waals surface area contributed by atoms with Gasteiger partial charge in [-0.1, -0.05) is 20.8 Å². The fourth-order valence-corrected chi connectivity index (χ4v) is 8.74. The number of hydroxylamine groups is 2. The van der Waals surface area contributed by atoms with Crippen LogP contribution in [-0.4, -0.2) is 123 Å². The van der Waals surface area contributed by atoms with Crippen molar-refractivity contribution in [3.8, 4) is 0 Å². The molecule has 1 saturated carbocycles. The van der Waals surface area contributed by atoms with E-state index in [4.69, 9.17) is 32.3 Å². The van der Waals surface area contributed by atoms with Crippen LogP contribution in [0.5, 0.6) is 0 Å². The number of amides is 1. The highest BCUT2D eigenvalue weighted by molar-refractivity contribution is 6.60. The van der Waals surface area contributed by atoms with Crippen LogP contribution in [0.3, 0.4) is 0 Å². The molecule has 0 saturated heterocycles. The zero-order valence-electron chi connectivity index (χ0n) is 28.3. The van der Waals surface area contributed by atoms with Gasteiger partial charge in [0.2, 0.25) is 6.08 Å². The summed E-state index contributed by atoms with van der Waals surface area (Å²) in [6.45, 7) is 18.8. The molecule has 0 bridgehead atoms. The average Bonchev–Trinajstić information content (AvgIpc) is 2.92. The molecule has 1 rings (SSSR count). The molecule has 0 aromatic carbocycles. The van der Waals surface area contributed by atoms with E-state index in [0.717, 1.165) is 12.8 Å². The Morgan fingerprint density at radius 3 is 2.07 bits per heavy atom. The minimum absolute atomic E-state index is 0.0473. The summed E-state index contributed by atoms with van der Waals surface area (Å²) in [4.78, 5) is 36.6. The lowest BCUT2D eigenvalue weighted by atomic mass is 9.62. The quantitative estimate of drug-likeness (QED) is 0.0515. The SMILES string of the molecule is CCO[Si](CCCOCC(C)N(CC1(C)CC(N=C=O)CC(C)(C)C1)C(=O)ON(CCOC)CCOC)(OCC)OCC. The Kier molecular flexibility index (Phi) is 19.0. The van der Waals surface area contributed by atoms with Gasteiger partial charge in [0, 0.05) is 53.2 Å². The molecule has 0 aliphatic heterocycles. The molecular formula is C30H59N3O9Si. The summed E-state index contributed by atoms with van der Waals surface area (Å²) in [5.74, 6) is 0. The molecule has 1 amide bonds. The molecule has 0 spiro atoms. The number of methoxy groups -OCH3 is 2. The lowest BCUT2D eigenvalue weighted by Gasteiger charge is -2.47. The first-order chi connectivity index (χ1) is 20.4. The van der Waals surface area contributed by atoms with Gasteiger partial charge in [0.05, 0.1) is 45.0 Å². The van der Waals surface area contributed by atoms with Crippen LogP contribution >= 0.6 is 0 Å². The predicted octanol–water partition coefficient (Wildman–Crippen LogP) is 4.70. The number of hydrogen-bond donors (Lipinski definition) is 0. The molecule has 43 heavy (non-hydrogen) atoms. The van der Waals surface area contributed by atoms with Crippen molar-refractivity contribution < 1.29 is 41.9 Å². The number of hydrogen-bond acceptors (Lipinski definition) is 11. The largest absolute Gasteiger partial charge is 0.501 e. The molecule has 0 radical (unpaired) electrons. The summed E-state index contributed by atoms with van der Waals surface area (Å²) in [5.41, 5.74) is -0.337. The van der Waals surface area contributed by atoms with E-state index in [2.05, 4.69) is 25.8 Å². The van der Waals surface area contributed by atoms with E-state index in [0.29, 0.717) is 84.8 Å². The Bertz CT molecular complexity index is 806. The summed E-state index contributed by atoms with van der Waals surface area (Å²) in [6, 6.07) is 0.241. The van der Waals surface area contributed by atoms with E-state index in [1.54, 1.807) is 30.3 Å². The van der Waals surface area contributed by atoms with Crippen LogP contribution in [0.4, 0.5) is 4.79 Å². The Hall–Kier alpha value is -1.41. The first kappa shape index (κ1) is 39.6. The van der Waals surface area contributed by atoms with Crippen molar-refractivity contribution in [2.45, 2.75) is 92.3 Å². The molecule has 1 aliphatic carbocycles. The second-order valence-electron chi connectivity index (χ2n) is 12.3. The van der Waals surface area contributed by atoms with E-state index in [1.807, 2.05) is 27.7 Å². The van der Waals surface area contributed by atoms with Gasteiger partial charge < -0.3 is 37.2 Å². The van der Waals surface area contributed by atoms with Gasteiger partial charge >= 0.3 is 14.9 Å². The molecule has 0 N–H and O–H groups in total. The highest BCUT2D eigenvalue weighted by Crippen LogP contribution is 2.47. The Labute approximate surface area is 261 Å². The van der Waals surface area contributed by atoms with Crippen molar-refractivity contribution in [3.63, 3.8) is 0 Å². The van der Waals surface area contributed by atoms with Gasteiger partial charge in [-0.25, -0.2) is 14.6 Å². The number of rotatable bonds is 23. The van der Waals surface area contributed by atoms with Gasteiger partial charge in [-0.05, 0) is 64.2 Å². The number of aliphatic imine (C=N–C) groups is 1. The molecule has 3 atom stereocenters. The lowest BCUT2D eigenvalue weighted by Crippen LogP contribution is -2.52. The molecule has 252 valence electrons. The van der Waals surface area contributed by atoms with Gasteiger partial charge in [-0.3, -0.25) is 0 Å². The number of ether oxygens (including phenoxy) is 3. The second-order valence-corrected chi connectivity index (χ2v) is 15.1. The number of carbonyl (C=O) groups is 1. The normalized spacial score (nSPS) is 20.9. The van der Waals surface area contributed by atoms with Crippen LogP contribution in [0.15, 0.2) is 4.99 Å². The molecule has 1 fully saturated rings. The standard InChI is InChI=1S/C30H59N3O9Si/c1-10-39-43(40-11-2,41-12-3)19-13-16-38-22-26(4)33(28(35)42-32(14-17-36-8)15-18-37-9)24-30(7)21-27(31-25-34)20-29(5,6)23-30/h26-27H,10-24H2,1-9H3. The Morgan fingerprint density at radius 2 is 1.56 bits per heavy atom. The van der Waals surface area contributed by atoms with Crippen molar-refractivity contribution in [2.24, 2.45) is 15.8 Å². The maximum atomic E-state index is 13.7. The van der Waals surface area contributed by atoms with Crippen molar-refractivity contribution in [1.29, 1.82) is 0 Å². The molecule has 12 nitrogen and oxygen atoms in total. The predicted molar refractivity (Wildman–Crippen MR) is 166 cm³/mol. The van der Waals surface area contributed by atoms with Crippen molar-refractivity contribution >= 4 is 21.0 Å². The van der Waals surface area contributed by atoms with Crippen LogP contribution in [0, 0.1) is 10.8 Å². The van der Waals surface area contributed by atoms with Crippen molar-refractivity contribution in [3.05, 3.63) is 0 Å². The van der Waals surface area contributed by atoms with Crippen LogP contribution in [0.25, 0.3) is 0 Å². The molecule has 0 heterocycles. The Morgan fingerprint density at radius 1 is 0.977 bits per heavy atom. The highest BCUT2D eigenvalue weighted by atomic mass is 28.4. The van der Waals surface area contributed by atoms with E-state index in [-0.39, 0.29) is 22.9 Å². The maximum absolute atomic E-state index is 13.7. The van der Waals surface area contributed by atoms with Crippen LogP contribution < -0.4 is 0 Å². The molecule has 13 heteroatoms. The van der Waals surface area contributed by atoms with Gasteiger partial charge in [-0.2, -0.15) is 0 Å². The van der Waals surface area contributed by atoms with Crippen molar-refractivity contribution in [2.75, 3.05) is 80.1 Å². The van der Waals surface area contributed by atoms with Crippen LogP contribution in [-0.2, 0) is 37.1 Å². The fraction of sp³-hybridized carbons (Fsp3) is 0.933. The highest BCUT2D eigenvalue weighted by Gasteiger charge is 2.44. The van der Waals surface area contributed by atoms with Crippen LogP contribution in [0.1, 0.15) is 74.1 Å². The minimum Gasteiger partial charge on any atom is -0.383 e. The number of nitrogens with zero attached hydrogens (tertiary/aromatic N) is 3. The van der Waals surface area contributed by atoms with Crippen molar-refractivity contribution in [1.82, 2.24) is 9.96 Å². The third kappa shape index (κ3) is 14.9. The maximum Gasteiger partial charge on any atom is 0.501 e. The molecule has 1 aliphatic rings. The minimum atomic E-state index is -2.75. The summed E-state index contributed by atoms with van der Waals surface area (Å²) in [7, 11) is 0.467. The zero-order chi connectivity index (χ0) is 32.4. The fourth-order valence-electron chi connectivity index (χ4n) is 6.16. The molecular weight excluding hydrogens is 574 g/mol. The van der Waals surface area contributed by atoms with Gasteiger partial charge in [-0.15, -0.1) is 5.06 Å². The van der Waals surface area contributed by atoms with E-state index >= 15 is 0 Å². The molecule has 0 aromatic rings. The summed E-state index contributed by atoms with van der Waals surface area (Å²) >= 11 is 0. The monoisotopic (exact) mass is 633 g/mol. The number of carbonyl (C=O) groups excluding carboxylic acids is 2. The average molecular weight is 634 g/mol. The summed E-state index contributed by atoms with van der Waals surface area (Å²) in [5, 5.41) is 1.57. The molecule has 3 unspecified atom stereocenters. The second kappa shape index (κ2) is 20.6. The van der Waals surface area contributed by atoms with E-state index in [1.165, 1.54) is 0 Å². The summed E-state index contributed by atoms with van der Waals surface area (Å²) in [6.07, 6.45) is 4.36. The third-order valence-corrected chi connectivity index (χ3v) is 10.6. The Balaban J connectivity index is 3.04. The van der Waals surface area contributed by atoms with Gasteiger partial charge in [0.15, 0.2) is 0 Å². The van der Waals surface area contributed by atoms with Gasteiger partial charge in [0.25, 0.3) is 0 Å². The summed E-state index contributed by atoms with van der Waals surface area (Å²) < 4.78 is 34.4. The first-order valence-corrected chi connectivity index (χ1v) is 17.6.